The maximum atomic E-state index is 13.7. The minimum absolute atomic E-state index is 0.0481. The molecule has 146 valence electrons. The number of anilines is 1. The first-order valence-electron chi connectivity index (χ1n) is 9.72. The van der Waals surface area contributed by atoms with E-state index in [4.69, 9.17) is 11.6 Å². The molecule has 0 saturated heterocycles. The lowest BCUT2D eigenvalue weighted by molar-refractivity contribution is -0.116. The summed E-state index contributed by atoms with van der Waals surface area (Å²) in [4.78, 5) is 24.3. The van der Waals surface area contributed by atoms with Gasteiger partial charge in [0.2, 0.25) is 5.91 Å². The van der Waals surface area contributed by atoms with Gasteiger partial charge >= 0.3 is 6.03 Å². The van der Waals surface area contributed by atoms with Gasteiger partial charge in [-0.25, -0.2) is 9.18 Å². The van der Waals surface area contributed by atoms with E-state index in [1.54, 1.807) is 0 Å². The van der Waals surface area contributed by atoms with E-state index in [1.165, 1.54) is 31.4 Å². The Kier molecular flexibility index (Phi) is 5.01. The minimum atomic E-state index is -0.580. The van der Waals surface area contributed by atoms with Crippen molar-refractivity contribution in [1.29, 1.82) is 0 Å². The number of nitrogens with one attached hydrogen (secondary N) is 3. The second kappa shape index (κ2) is 7.30. The van der Waals surface area contributed by atoms with Crippen LogP contribution in [0.3, 0.4) is 0 Å². The molecule has 4 fully saturated rings. The molecule has 7 heteroatoms. The van der Waals surface area contributed by atoms with E-state index in [0.717, 1.165) is 43.1 Å². The summed E-state index contributed by atoms with van der Waals surface area (Å²) in [6.07, 6.45) is 7.31. The predicted molar refractivity (Wildman–Crippen MR) is 102 cm³/mol. The van der Waals surface area contributed by atoms with Crippen molar-refractivity contribution in [2.24, 2.45) is 17.8 Å². The largest absolute Gasteiger partial charge is 0.338 e. The van der Waals surface area contributed by atoms with Gasteiger partial charge in [-0.05, 0) is 74.5 Å². The average molecular weight is 394 g/mol. The molecule has 4 aliphatic carbocycles. The summed E-state index contributed by atoms with van der Waals surface area (Å²) in [5.41, 5.74) is 0.0375. The van der Waals surface area contributed by atoms with E-state index in [2.05, 4.69) is 16.0 Å². The molecule has 5 rings (SSSR count). The van der Waals surface area contributed by atoms with Gasteiger partial charge in [0.1, 0.15) is 5.82 Å². The third-order valence-electron chi connectivity index (χ3n) is 6.26. The molecule has 0 aromatic heterocycles. The van der Waals surface area contributed by atoms with Gasteiger partial charge in [0.05, 0.1) is 5.69 Å². The SMILES string of the molecule is O=C(CCNC(=O)NC12CC3CC(CC(C3)C1)C2)Nc1ccc(Cl)cc1F. The number of amides is 3. The molecule has 0 heterocycles. The van der Waals surface area contributed by atoms with Crippen LogP contribution in [0.2, 0.25) is 5.02 Å². The van der Waals surface area contributed by atoms with Crippen molar-refractivity contribution in [3.05, 3.63) is 29.0 Å². The molecular weight excluding hydrogens is 369 g/mol. The van der Waals surface area contributed by atoms with Gasteiger partial charge in [0.25, 0.3) is 0 Å². The first-order chi connectivity index (χ1) is 12.9. The van der Waals surface area contributed by atoms with Crippen molar-refractivity contribution in [2.75, 3.05) is 11.9 Å². The summed E-state index contributed by atoms with van der Waals surface area (Å²) in [6, 6.07) is 3.87. The van der Waals surface area contributed by atoms with Crippen molar-refractivity contribution >= 4 is 29.2 Å². The maximum absolute atomic E-state index is 13.7. The molecule has 3 amide bonds. The Morgan fingerprint density at radius 2 is 1.74 bits per heavy atom. The van der Waals surface area contributed by atoms with Gasteiger partial charge in [-0.15, -0.1) is 0 Å². The normalized spacial score (nSPS) is 30.8. The number of hydrogen-bond donors (Lipinski definition) is 3. The Hall–Kier alpha value is -1.82. The van der Waals surface area contributed by atoms with E-state index in [0.29, 0.717) is 0 Å². The number of carbonyl (C=O) groups is 2. The fraction of sp³-hybridized carbons (Fsp3) is 0.600. The summed E-state index contributed by atoms with van der Waals surface area (Å²) in [6.45, 7) is 0.208. The van der Waals surface area contributed by atoms with Crippen molar-refractivity contribution in [1.82, 2.24) is 10.6 Å². The number of hydrogen-bond acceptors (Lipinski definition) is 2. The molecule has 0 aliphatic heterocycles. The molecule has 0 atom stereocenters. The van der Waals surface area contributed by atoms with Gasteiger partial charge < -0.3 is 16.0 Å². The van der Waals surface area contributed by atoms with Crippen LogP contribution in [-0.2, 0) is 4.79 Å². The Bertz CT molecular complexity index is 719. The van der Waals surface area contributed by atoms with Crippen molar-refractivity contribution < 1.29 is 14.0 Å². The molecule has 0 unspecified atom stereocenters. The zero-order valence-electron chi connectivity index (χ0n) is 15.2. The van der Waals surface area contributed by atoms with Crippen LogP contribution in [0.25, 0.3) is 0 Å². The van der Waals surface area contributed by atoms with Crippen molar-refractivity contribution in [3.63, 3.8) is 0 Å². The molecule has 4 bridgehead atoms. The Labute approximate surface area is 163 Å². The predicted octanol–water partition coefficient (Wildman–Crippen LogP) is 4.08. The Morgan fingerprint density at radius 3 is 2.33 bits per heavy atom. The van der Waals surface area contributed by atoms with Gasteiger partial charge in [-0.2, -0.15) is 0 Å². The first kappa shape index (κ1) is 18.5. The third-order valence-corrected chi connectivity index (χ3v) is 6.49. The molecule has 27 heavy (non-hydrogen) atoms. The third kappa shape index (κ3) is 4.21. The van der Waals surface area contributed by atoms with Crippen LogP contribution in [0.1, 0.15) is 44.9 Å². The lowest BCUT2D eigenvalue weighted by Crippen LogP contribution is -2.61. The Morgan fingerprint density at radius 1 is 1.11 bits per heavy atom. The van der Waals surface area contributed by atoms with Crippen LogP contribution >= 0.6 is 11.6 Å². The number of halogens is 2. The average Bonchev–Trinajstić information content (AvgIpc) is 2.55. The summed E-state index contributed by atoms with van der Waals surface area (Å²) in [5, 5.41) is 8.74. The minimum Gasteiger partial charge on any atom is -0.338 e. The van der Waals surface area contributed by atoms with Gasteiger partial charge in [0.15, 0.2) is 0 Å². The van der Waals surface area contributed by atoms with Crippen LogP contribution in [0.5, 0.6) is 0 Å². The second-order valence-electron chi connectivity index (χ2n) is 8.50. The molecule has 1 aromatic carbocycles. The zero-order valence-corrected chi connectivity index (χ0v) is 15.9. The van der Waals surface area contributed by atoms with E-state index < -0.39 is 5.82 Å². The van der Waals surface area contributed by atoms with E-state index in [-0.39, 0.29) is 41.2 Å². The standard InChI is InChI=1S/C20H25ClFN3O2/c21-15-1-2-17(16(22)8-15)24-18(26)3-4-23-19(27)25-20-9-12-5-13(10-20)7-14(6-12)11-20/h1-2,8,12-14H,3-7,9-11H2,(H,24,26)(H2,23,25,27). The zero-order chi connectivity index (χ0) is 19.0. The highest BCUT2D eigenvalue weighted by atomic mass is 35.5. The van der Waals surface area contributed by atoms with Gasteiger partial charge in [0, 0.05) is 23.5 Å². The summed E-state index contributed by atoms with van der Waals surface area (Å²) in [7, 11) is 0. The smallest absolute Gasteiger partial charge is 0.315 e. The van der Waals surface area contributed by atoms with E-state index >= 15 is 0 Å². The van der Waals surface area contributed by atoms with Crippen molar-refractivity contribution in [2.45, 2.75) is 50.5 Å². The first-order valence-corrected chi connectivity index (χ1v) is 10.1. The lowest BCUT2D eigenvalue weighted by atomic mass is 9.53. The monoisotopic (exact) mass is 393 g/mol. The van der Waals surface area contributed by atoms with Crippen LogP contribution in [0, 0.1) is 23.6 Å². The van der Waals surface area contributed by atoms with Gasteiger partial charge in [-0.1, -0.05) is 11.6 Å². The highest BCUT2D eigenvalue weighted by molar-refractivity contribution is 6.30. The van der Waals surface area contributed by atoms with Crippen LogP contribution < -0.4 is 16.0 Å². The summed E-state index contributed by atoms with van der Waals surface area (Å²) in [5.74, 6) is 1.35. The van der Waals surface area contributed by atoms with Gasteiger partial charge in [-0.3, -0.25) is 4.79 Å². The molecule has 5 nitrogen and oxygen atoms in total. The number of carbonyl (C=O) groups excluding carboxylic acids is 2. The lowest BCUT2D eigenvalue weighted by Gasteiger charge is -2.56. The van der Waals surface area contributed by atoms with Crippen molar-refractivity contribution in [3.8, 4) is 0 Å². The summed E-state index contributed by atoms with van der Waals surface area (Å²) >= 11 is 5.69. The van der Waals surface area contributed by atoms with E-state index in [1.807, 2.05) is 0 Å². The molecule has 1 aromatic rings. The quantitative estimate of drug-likeness (QED) is 0.705. The molecule has 3 N–H and O–H groups in total. The molecule has 0 spiro atoms. The second-order valence-corrected chi connectivity index (χ2v) is 8.94. The fourth-order valence-electron chi connectivity index (χ4n) is 5.64. The summed E-state index contributed by atoms with van der Waals surface area (Å²) < 4.78 is 13.7. The molecular formula is C20H25ClFN3O2. The number of urea groups is 1. The van der Waals surface area contributed by atoms with Crippen LogP contribution in [-0.4, -0.2) is 24.0 Å². The Balaban J connectivity index is 1.22. The fourth-order valence-corrected chi connectivity index (χ4v) is 5.80. The van der Waals surface area contributed by atoms with Crippen LogP contribution in [0.4, 0.5) is 14.9 Å². The molecule has 4 aliphatic rings. The molecule has 0 radical (unpaired) electrons. The highest BCUT2D eigenvalue weighted by Gasteiger charge is 2.51. The number of rotatable bonds is 5. The maximum Gasteiger partial charge on any atom is 0.315 e. The van der Waals surface area contributed by atoms with Crippen LogP contribution in [0.15, 0.2) is 18.2 Å². The highest BCUT2D eigenvalue weighted by Crippen LogP contribution is 2.55. The molecule has 4 saturated carbocycles. The topological polar surface area (TPSA) is 70.2 Å². The number of benzene rings is 1. The van der Waals surface area contributed by atoms with E-state index in [9.17, 15) is 14.0 Å².